The van der Waals surface area contributed by atoms with Crippen molar-refractivity contribution in [2.24, 2.45) is 10.2 Å². The Hall–Kier alpha value is -4.93. The van der Waals surface area contributed by atoms with Gasteiger partial charge in [-0.15, -0.1) is 0 Å². The van der Waals surface area contributed by atoms with E-state index < -0.39 is 10.0 Å². The van der Waals surface area contributed by atoms with Gasteiger partial charge in [0.1, 0.15) is 11.5 Å². The van der Waals surface area contributed by atoms with Crippen molar-refractivity contribution in [2.75, 3.05) is 19.2 Å². The highest BCUT2D eigenvalue weighted by Gasteiger charge is 2.34. The molecule has 5 aromatic rings. The summed E-state index contributed by atoms with van der Waals surface area (Å²) in [5.74, 6) is 1.51. The molecule has 0 fully saturated rings. The number of ether oxygens (including phenoxy) is 2. The number of hydrazone groups is 1. The summed E-state index contributed by atoms with van der Waals surface area (Å²) < 4.78 is 36.5. The molecular weight excluding hydrogens is 550 g/mol. The lowest BCUT2D eigenvalue weighted by Crippen LogP contribution is -2.19. The average molecular weight is 580 g/mol. The summed E-state index contributed by atoms with van der Waals surface area (Å²) in [5, 5.41) is 17.4. The van der Waals surface area contributed by atoms with Gasteiger partial charge in [0.05, 0.1) is 47.9 Å². The van der Waals surface area contributed by atoms with Crippen molar-refractivity contribution in [3.8, 4) is 28.4 Å². The summed E-state index contributed by atoms with van der Waals surface area (Å²) in [5.41, 5.74) is 6.21. The lowest BCUT2D eigenvalue weighted by Gasteiger charge is -2.24. The molecule has 1 aliphatic rings. The number of primary sulfonamides is 1. The molecular formula is C32H29N5O4S. The van der Waals surface area contributed by atoms with Crippen molar-refractivity contribution in [2.45, 2.75) is 17.4 Å². The number of hydrogen-bond donors (Lipinski definition) is 1. The number of anilines is 1. The van der Waals surface area contributed by atoms with Crippen molar-refractivity contribution >= 4 is 21.4 Å². The van der Waals surface area contributed by atoms with Gasteiger partial charge in [-0.25, -0.2) is 18.2 Å². The predicted octanol–water partition coefficient (Wildman–Crippen LogP) is 5.56. The van der Waals surface area contributed by atoms with E-state index in [-0.39, 0.29) is 10.9 Å². The monoisotopic (exact) mass is 579 g/mol. The first-order valence-corrected chi connectivity index (χ1v) is 14.8. The van der Waals surface area contributed by atoms with Gasteiger partial charge in [0, 0.05) is 23.7 Å². The van der Waals surface area contributed by atoms with Crippen molar-refractivity contribution in [1.29, 1.82) is 0 Å². The predicted molar refractivity (Wildman–Crippen MR) is 163 cm³/mol. The van der Waals surface area contributed by atoms with Crippen LogP contribution in [0.15, 0.2) is 119 Å². The summed E-state index contributed by atoms with van der Waals surface area (Å²) in [6.07, 6.45) is 2.63. The van der Waals surface area contributed by atoms with Crippen LogP contribution in [0.1, 0.15) is 23.6 Å². The Bertz CT molecular complexity index is 1830. The Kier molecular flexibility index (Phi) is 7.24. The van der Waals surface area contributed by atoms with Gasteiger partial charge in [0.25, 0.3) is 0 Å². The van der Waals surface area contributed by atoms with E-state index in [9.17, 15) is 8.42 Å². The molecule has 0 bridgehead atoms. The molecule has 2 heterocycles. The lowest BCUT2D eigenvalue weighted by atomic mass is 9.96. The van der Waals surface area contributed by atoms with Crippen LogP contribution >= 0.6 is 0 Å². The summed E-state index contributed by atoms with van der Waals surface area (Å²) in [7, 11) is -0.561. The molecule has 0 amide bonds. The van der Waals surface area contributed by atoms with E-state index in [2.05, 4.69) is 0 Å². The van der Waals surface area contributed by atoms with Crippen LogP contribution in [0, 0.1) is 0 Å². The van der Waals surface area contributed by atoms with Gasteiger partial charge in [-0.2, -0.15) is 10.2 Å². The maximum atomic E-state index is 11.9. The minimum atomic E-state index is -3.83. The highest BCUT2D eigenvalue weighted by atomic mass is 32.2. The molecule has 0 radical (unpaired) electrons. The summed E-state index contributed by atoms with van der Waals surface area (Å²) in [6.45, 7) is 0. The molecule has 1 aliphatic heterocycles. The molecule has 42 heavy (non-hydrogen) atoms. The normalized spacial score (nSPS) is 15.0. The SMILES string of the molecule is COc1ccc(C2=NN(c3ccc(S(N)(=O)=O)cc3)C(c3cn(-c4ccccc4)nc3-c3ccc(OC)cc3)C2)cc1. The fraction of sp³-hybridized carbons (Fsp3) is 0.125. The highest BCUT2D eigenvalue weighted by Crippen LogP contribution is 2.41. The van der Waals surface area contributed by atoms with Crippen molar-refractivity contribution in [3.05, 3.63) is 120 Å². The van der Waals surface area contributed by atoms with Crippen LogP contribution in [-0.4, -0.2) is 38.1 Å². The number of benzene rings is 4. The van der Waals surface area contributed by atoms with E-state index in [1.54, 1.807) is 26.4 Å². The lowest BCUT2D eigenvalue weighted by molar-refractivity contribution is 0.414. The highest BCUT2D eigenvalue weighted by molar-refractivity contribution is 7.89. The van der Waals surface area contributed by atoms with Crippen molar-refractivity contribution in [1.82, 2.24) is 9.78 Å². The Morgan fingerprint density at radius 2 is 1.36 bits per heavy atom. The minimum absolute atomic E-state index is 0.0390. The Morgan fingerprint density at radius 3 is 1.93 bits per heavy atom. The van der Waals surface area contributed by atoms with Gasteiger partial charge >= 0.3 is 0 Å². The fourth-order valence-electron chi connectivity index (χ4n) is 5.05. The first-order chi connectivity index (χ1) is 20.3. The van der Waals surface area contributed by atoms with Crippen LogP contribution in [0.3, 0.4) is 0 Å². The number of rotatable bonds is 8. The zero-order valence-electron chi connectivity index (χ0n) is 23.1. The minimum Gasteiger partial charge on any atom is -0.497 e. The number of para-hydroxylation sites is 1. The smallest absolute Gasteiger partial charge is 0.238 e. The molecule has 1 aromatic heterocycles. The van der Waals surface area contributed by atoms with Crippen LogP contribution in [0.2, 0.25) is 0 Å². The number of hydrogen-bond acceptors (Lipinski definition) is 7. The summed E-state index contributed by atoms with van der Waals surface area (Å²) in [6, 6.07) is 31.7. The fourth-order valence-corrected chi connectivity index (χ4v) is 5.57. The van der Waals surface area contributed by atoms with Crippen molar-refractivity contribution in [3.63, 3.8) is 0 Å². The second-order valence-corrected chi connectivity index (χ2v) is 11.4. The number of nitrogens with two attached hydrogens (primary N) is 1. The molecule has 212 valence electrons. The maximum Gasteiger partial charge on any atom is 0.238 e. The molecule has 0 saturated heterocycles. The van der Waals surface area contributed by atoms with E-state index in [1.165, 1.54) is 12.1 Å². The van der Waals surface area contributed by atoms with Gasteiger partial charge in [-0.1, -0.05) is 18.2 Å². The van der Waals surface area contributed by atoms with Gasteiger partial charge in [0.15, 0.2) is 0 Å². The topological polar surface area (TPSA) is 112 Å². The third kappa shape index (κ3) is 5.37. The van der Waals surface area contributed by atoms with E-state index in [0.29, 0.717) is 6.42 Å². The van der Waals surface area contributed by atoms with Gasteiger partial charge < -0.3 is 9.47 Å². The van der Waals surface area contributed by atoms with Gasteiger partial charge in [-0.3, -0.25) is 5.01 Å². The Balaban J connectivity index is 1.48. The van der Waals surface area contributed by atoms with Crippen LogP contribution in [0.25, 0.3) is 16.9 Å². The van der Waals surface area contributed by atoms with Gasteiger partial charge in [-0.05, 0) is 90.5 Å². The Morgan fingerprint density at radius 1 is 0.762 bits per heavy atom. The second kappa shape index (κ2) is 11.2. The van der Waals surface area contributed by atoms with E-state index in [1.807, 2.05) is 94.8 Å². The summed E-state index contributed by atoms with van der Waals surface area (Å²) >= 11 is 0. The Labute approximate surface area is 244 Å². The second-order valence-electron chi connectivity index (χ2n) is 9.82. The molecule has 2 N–H and O–H groups in total. The molecule has 1 unspecified atom stereocenters. The largest absolute Gasteiger partial charge is 0.497 e. The first kappa shape index (κ1) is 27.3. The molecule has 6 rings (SSSR count). The number of aromatic nitrogens is 2. The number of nitrogens with zero attached hydrogens (tertiary/aromatic N) is 4. The first-order valence-electron chi connectivity index (χ1n) is 13.3. The van der Waals surface area contributed by atoms with Crippen LogP contribution in [0.4, 0.5) is 5.69 Å². The van der Waals surface area contributed by atoms with Gasteiger partial charge in [0.2, 0.25) is 10.0 Å². The van der Waals surface area contributed by atoms with E-state index >= 15 is 0 Å². The standard InChI is InChI=1S/C32H29N5O4S/c1-40-26-14-8-22(9-15-26)30-20-31(37(34-30)25-12-18-28(19-13-25)42(33,38)39)29-21-36(24-6-4-3-5-7-24)35-32(29)23-10-16-27(41-2)17-11-23/h3-19,21,31H,20H2,1-2H3,(H2,33,38,39). The van der Waals surface area contributed by atoms with Crippen LogP contribution < -0.4 is 19.6 Å². The molecule has 10 heteroatoms. The van der Waals surface area contributed by atoms with Crippen molar-refractivity contribution < 1.29 is 17.9 Å². The zero-order chi connectivity index (χ0) is 29.3. The quantitative estimate of drug-likeness (QED) is 0.258. The number of sulfonamides is 1. The molecule has 1 atom stereocenters. The summed E-state index contributed by atoms with van der Waals surface area (Å²) in [4.78, 5) is 0.0390. The molecule has 4 aromatic carbocycles. The average Bonchev–Trinajstić information content (AvgIpc) is 3.67. The van der Waals surface area contributed by atoms with Crippen LogP contribution in [0.5, 0.6) is 11.5 Å². The molecule has 0 saturated carbocycles. The molecule has 0 spiro atoms. The van der Waals surface area contributed by atoms with Crippen LogP contribution in [-0.2, 0) is 10.0 Å². The molecule has 9 nitrogen and oxygen atoms in total. The zero-order valence-corrected chi connectivity index (χ0v) is 23.9. The number of methoxy groups -OCH3 is 2. The third-order valence-corrected chi connectivity index (χ3v) is 8.18. The van der Waals surface area contributed by atoms with E-state index in [0.717, 1.165) is 51.0 Å². The molecule has 0 aliphatic carbocycles. The van der Waals surface area contributed by atoms with E-state index in [4.69, 9.17) is 24.8 Å². The maximum absolute atomic E-state index is 11.9. The third-order valence-electron chi connectivity index (χ3n) is 7.25.